The van der Waals surface area contributed by atoms with Crippen LogP contribution < -0.4 is 0 Å². The fourth-order valence-electron chi connectivity index (χ4n) is 2.91. The summed E-state index contributed by atoms with van der Waals surface area (Å²) in [7, 11) is 0. The second-order valence-electron chi connectivity index (χ2n) is 6.05. The third-order valence-electron chi connectivity index (χ3n) is 4.71. The van der Waals surface area contributed by atoms with E-state index in [1.807, 2.05) is 4.90 Å². The fraction of sp³-hybridized carbons (Fsp3) is 0.917. The van der Waals surface area contributed by atoms with Gasteiger partial charge in [0.15, 0.2) is 0 Å². The Morgan fingerprint density at radius 1 is 1.27 bits per heavy atom. The van der Waals surface area contributed by atoms with E-state index in [4.69, 9.17) is 0 Å². The summed E-state index contributed by atoms with van der Waals surface area (Å²) < 4.78 is 0. The fourth-order valence-corrected chi connectivity index (χ4v) is 3.47. The molecule has 0 radical (unpaired) electrons. The predicted molar refractivity (Wildman–Crippen MR) is 65.0 cm³/mol. The number of hydrogen-bond donors (Lipinski definition) is 0. The van der Waals surface area contributed by atoms with E-state index in [-0.39, 0.29) is 16.7 Å². The van der Waals surface area contributed by atoms with E-state index in [1.165, 1.54) is 0 Å². The van der Waals surface area contributed by atoms with Crippen LogP contribution in [0.5, 0.6) is 0 Å². The van der Waals surface area contributed by atoms with Gasteiger partial charge in [-0.15, -0.1) is 0 Å². The van der Waals surface area contributed by atoms with Gasteiger partial charge in [0.2, 0.25) is 5.91 Å². The van der Waals surface area contributed by atoms with Gasteiger partial charge in [-0.25, -0.2) is 0 Å². The first-order valence-electron chi connectivity index (χ1n) is 5.71. The Balaban J connectivity index is 2.05. The summed E-state index contributed by atoms with van der Waals surface area (Å²) in [5.74, 6) is 0.592. The standard InChI is InChI=1S/C12H20BrNO/c1-11(2)9(12(11,3)4)10(15)14-6-5-8(13)7-14/h8-9H,5-7H2,1-4H3. The van der Waals surface area contributed by atoms with Crippen LogP contribution in [0, 0.1) is 16.7 Å². The third-order valence-corrected chi connectivity index (χ3v) is 5.46. The van der Waals surface area contributed by atoms with Gasteiger partial charge in [0.1, 0.15) is 0 Å². The molecule has 0 N–H and O–H groups in total. The van der Waals surface area contributed by atoms with E-state index in [2.05, 4.69) is 43.6 Å². The Bertz CT molecular complexity index is 284. The summed E-state index contributed by atoms with van der Waals surface area (Å²) in [6, 6.07) is 0. The summed E-state index contributed by atoms with van der Waals surface area (Å²) in [4.78, 5) is 14.8. The van der Waals surface area contributed by atoms with E-state index < -0.39 is 0 Å². The number of carbonyl (C=O) groups excluding carboxylic acids is 1. The first-order chi connectivity index (χ1) is 6.78. The number of amides is 1. The molecule has 0 aromatic heterocycles. The molecule has 2 aliphatic rings. The Morgan fingerprint density at radius 3 is 2.13 bits per heavy atom. The maximum atomic E-state index is 12.3. The molecule has 0 bridgehead atoms. The topological polar surface area (TPSA) is 20.3 Å². The lowest BCUT2D eigenvalue weighted by atomic mass is 10.0. The summed E-state index contributed by atoms with van der Waals surface area (Å²) >= 11 is 3.58. The van der Waals surface area contributed by atoms with Crippen molar-refractivity contribution in [3.8, 4) is 0 Å². The van der Waals surface area contributed by atoms with E-state index in [9.17, 15) is 4.79 Å². The minimum atomic E-state index is 0.175. The van der Waals surface area contributed by atoms with E-state index >= 15 is 0 Å². The van der Waals surface area contributed by atoms with Crippen molar-refractivity contribution in [3.63, 3.8) is 0 Å². The predicted octanol–water partition coefficient (Wildman–Crippen LogP) is 2.66. The van der Waals surface area contributed by atoms with Crippen LogP contribution in [0.15, 0.2) is 0 Å². The van der Waals surface area contributed by atoms with Gasteiger partial charge in [-0.3, -0.25) is 4.79 Å². The number of halogens is 1. The lowest BCUT2D eigenvalue weighted by molar-refractivity contribution is -0.132. The molecule has 1 saturated carbocycles. The zero-order valence-electron chi connectivity index (χ0n) is 10.0. The second kappa shape index (κ2) is 3.22. The quantitative estimate of drug-likeness (QED) is 0.673. The number of hydrogen-bond acceptors (Lipinski definition) is 1. The van der Waals surface area contributed by atoms with Gasteiger partial charge < -0.3 is 4.90 Å². The maximum absolute atomic E-state index is 12.3. The molecule has 1 aliphatic carbocycles. The molecule has 3 heteroatoms. The largest absolute Gasteiger partial charge is 0.341 e. The van der Waals surface area contributed by atoms with Gasteiger partial charge in [0.25, 0.3) is 0 Å². The second-order valence-corrected chi connectivity index (χ2v) is 7.34. The molecule has 1 amide bonds. The Hall–Kier alpha value is -0.0500. The lowest BCUT2D eigenvalue weighted by Crippen LogP contribution is -2.32. The normalized spacial score (nSPS) is 33.1. The van der Waals surface area contributed by atoms with Crippen LogP contribution >= 0.6 is 15.9 Å². The summed E-state index contributed by atoms with van der Waals surface area (Å²) in [5, 5.41) is 0. The molecule has 2 fully saturated rings. The highest BCUT2D eigenvalue weighted by Crippen LogP contribution is 2.68. The van der Waals surface area contributed by atoms with Gasteiger partial charge in [-0.2, -0.15) is 0 Å². The Labute approximate surface area is 101 Å². The molecule has 0 aromatic rings. The molecule has 0 spiro atoms. The van der Waals surface area contributed by atoms with E-state index in [1.54, 1.807) is 0 Å². The van der Waals surface area contributed by atoms with Crippen LogP contribution in [0.3, 0.4) is 0 Å². The zero-order valence-corrected chi connectivity index (χ0v) is 11.6. The van der Waals surface area contributed by atoms with Crippen molar-refractivity contribution in [2.45, 2.75) is 38.9 Å². The molecule has 86 valence electrons. The van der Waals surface area contributed by atoms with Crippen molar-refractivity contribution in [2.75, 3.05) is 13.1 Å². The van der Waals surface area contributed by atoms with Crippen molar-refractivity contribution in [1.82, 2.24) is 4.90 Å². The van der Waals surface area contributed by atoms with Crippen LogP contribution in [0.4, 0.5) is 0 Å². The third kappa shape index (κ3) is 1.54. The van der Waals surface area contributed by atoms with Gasteiger partial charge in [0.05, 0.1) is 0 Å². The molecule has 1 aliphatic heterocycles. The maximum Gasteiger partial charge on any atom is 0.226 e. The van der Waals surface area contributed by atoms with Gasteiger partial charge in [-0.05, 0) is 17.3 Å². The summed E-state index contributed by atoms with van der Waals surface area (Å²) in [5.41, 5.74) is 0.350. The molecule has 1 heterocycles. The van der Waals surface area contributed by atoms with Crippen molar-refractivity contribution in [3.05, 3.63) is 0 Å². The molecule has 0 aromatic carbocycles. The number of alkyl halides is 1. The number of carbonyl (C=O) groups is 1. The number of likely N-dealkylation sites (tertiary alicyclic amines) is 1. The molecule has 1 unspecified atom stereocenters. The highest BCUT2D eigenvalue weighted by molar-refractivity contribution is 9.09. The van der Waals surface area contributed by atoms with Crippen molar-refractivity contribution in [2.24, 2.45) is 16.7 Å². The Kier molecular flexibility index (Phi) is 2.46. The summed E-state index contributed by atoms with van der Waals surface area (Å²) in [6.07, 6.45) is 1.10. The van der Waals surface area contributed by atoms with Gasteiger partial charge in [0, 0.05) is 23.8 Å². The van der Waals surface area contributed by atoms with Crippen molar-refractivity contribution < 1.29 is 4.79 Å². The van der Waals surface area contributed by atoms with Crippen molar-refractivity contribution >= 4 is 21.8 Å². The first-order valence-corrected chi connectivity index (χ1v) is 6.63. The summed E-state index contributed by atoms with van der Waals surface area (Å²) in [6.45, 7) is 10.6. The monoisotopic (exact) mass is 273 g/mol. The highest BCUT2D eigenvalue weighted by atomic mass is 79.9. The smallest absolute Gasteiger partial charge is 0.226 e. The van der Waals surface area contributed by atoms with E-state index in [0.717, 1.165) is 19.5 Å². The van der Waals surface area contributed by atoms with Crippen LogP contribution in [-0.4, -0.2) is 28.7 Å². The minimum Gasteiger partial charge on any atom is -0.341 e. The number of nitrogens with zero attached hydrogens (tertiary/aromatic N) is 1. The molecular weight excluding hydrogens is 254 g/mol. The SMILES string of the molecule is CC1(C)C(C(=O)N2CCC(Br)C2)C1(C)C. The van der Waals surface area contributed by atoms with Gasteiger partial charge >= 0.3 is 0 Å². The van der Waals surface area contributed by atoms with Crippen LogP contribution in [0.2, 0.25) is 0 Å². The molecule has 2 nitrogen and oxygen atoms in total. The molecule has 2 rings (SSSR count). The number of rotatable bonds is 1. The average molecular weight is 274 g/mol. The zero-order chi connectivity index (χ0) is 11.4. The molecular formula is C12H20BrNO. The van der Waals surface area contributed by atoms with Crippen LogP contribution in [-0.2, 0) is 4.79 Å². The molecule has 1 saturated heterocycles. The Morgan fingerprint density at radius 2 is 1.80 bits per heavy atom. The molecule has 1 atom stereocenters. The first kappa shape index (κ1) is 11.4. The lowest BCUT2D eigenvalue weighted by Gasteiger charge is -2.16. The molecule has 15 heavy (non-hydrogen) atoms. The van der Waals surface area contributed by atoms with Gasteiger partial charge in [-0.1, -0.05) is 43.6 Å². The van der Waals surface area contributed by atoms with E-state index in [0.29, 0.717) is 10.7 Å². The minimum absolute atomic E-state index is 0.175. The van der Waals surface area contributed by atoms with Crippen molar-refractivity contribution in [1.29, 1.82) is 0 Å². The highest BCUT2D eigenvalue weighted by Gasteiger charge is 2.68. The average Bonchev–Trinajstić information content (AvgIpc) is 2.49. The van der Waals surface area contributed by atoms with Crippen LogP contribution in [0.1, 0.15) is 34.1 Å². The van der Waals surface area contributed by atoms with Crippen LogP contribution in [0.25, 0.3) is 0 Å².